The molecular formula is C5H7B. The van der Waals surface area contributed by atoms with Gasteiger partial charge < -0.3 is 0 Å². The average molecular weight is 77.9 g/mol. The Balaban J connectivity index is 2.63. The molecule has 1 aliphatic rings. The first-order valence-corrected chi connectivity index (χ1v) is 2.10. The van der Waals surface area contributed by atoms with Gasteiger partial charge in [-0.25, -0.2) is 0 Å². The van der Waals surface area contributed by atoms with Gasteiger partial charge in [0.1, 0.15) is 0 Å². The van der Waals surface area contributed by atoms with Crippen LogP contribution in [0.5, 0.6) is 0 Å². The third-order valence-electron chi connectivity index (χ3n) is 1.26. The van der Waals surface area contributed by atoms with Crippen LogP contribution in [0.25, 0.3) is 0 Å². The fraction of sp³-hybridized carbons (Fsp3) is 0.600. The van der Waals surface area contributed by atoms with Crippen molar-refractivity contribution in [2.45, 2.75) is 18.7 Å². The van der Waals surface area contributed by atoms with Gasteiger partial charge in [0, 0.05) is 0 Å². The largest absolute Gasteiger partial charge is 0.100 e. The van der Waals surface area contributed by atoms with Gasteiger partial charge in [-0.15, -0.1) is 6.58 Å². The van der Waals surface area contributed by atoms with Crippen LogP contribution in [0.1, 0.15) is 13.3 Å². The molecule has 6 heavy (non-hydrogen) atoms. The number of rotatable bonds is 0. The Morgan fingerprint density at radius 2 is 2.17 bits per heavy atom. The maximum Gasteiger partial charge on any atom is 0.0806 e. The van der Waals surface area contributed by atoms with Gasteiger partial charge in [-0.3, -0.25) is 0 Å². The van der Waals surface area contributed by atoms with Crippen LogP contribution in [0, 0.1) is 0 Å². The molecule has 1 heteroatoms. The third kappa shape index (κ3) is 0.386. The second-order valence-corrected chi connectivity index (χ2v) is 2.20. The van der Waals surface area contributed by atoms with E-state index in [0.29, 0.717) is 0 Å². The van der Waals surface area contributed by atoms with Crippen molar-refractivity contribution in [2.24, 2.45) is 0 Å². The molecule has 1 atom stereocenters. The van der Waals surface area contributed by atoms with E-state index in [2.05, 4.69) is 6.58 Å². The highest BCUT2D eigenvalue weighted by atomic mass is 14.4. The first-order valence-electron chi connectivity index (χ1n) is 2.10. The van der Waals surface area contributed by atoms with Gasteiger partial charge in [-0.1, -0.05) is 12.5 Å². The van der Waals surface area contributed by atoms with Crippen LogP contribution in [0.3, 0.4) is 0 Å². The van der Waals surface area contributed by atoms with Crippen LogP contribution in [0.4, 0.5) is 0 Å². The second-order valence-electron chi connectivity index (χ2n) is 2.20. The van der Waals surface area contributed by atoms with Gasteiger partial charge in [0.25, 0.3) is 0 Å². The topological polar surface area (TPSA) is 0 Å². The van der Waals surface area contributed by atoms with Crippen molar-refractivity contribution in [1.29, 1.82) is 0 Å². The van der Waals surface area contributed by atoms with Crippen molar-refractivity contribution in [3.63, 3.8) is 0 Å². The van der Waals surface area contributed by atoms with E-state index in [-0.39, 0.29) is 5.31 Å². The van der Waals surface area contributed by atoms with Crippen molar-refractivity contribution in [3.05, 3.63) is 12.2 Å². The van der Waals surface area contributed by atoms with Crippen LogP contribution in [-0.2, 0) is 0 Å². The summed E-state index contributed by atoms with van der Waals surface area (Å²) < 4.78 is 0. The smallest absolute Gasteiger partial charge is 0.0806 e. The van der Waals surface area contributed by atoms with E-state index in [1.807, 2.05) is 6.92 Å². The van der Waals surface area contributed by atoms with E-state index < -0.39 is 0 Å². The lowest BCUT2D eigenvalue weighted by atomic mass is 9.85. The fourth-order valence-electron chi connectivity index (χ4n) is 0.399. The zero-order valence-corrected chi connectivity index (χ0v) is 3.99. The van der Waals surface area contributed by atoms with Crippen molar-refractivity contribution in [1.82, 2.24) is 0 Å². The molecular weight excluding hydrogens is 70.9 g/mol. The molecule has 0 amide bonds. The third-order valence-corrected chi connectivity index (χ3v) is 1.26. The number of hydrogen-bond acceptors (Lipinski definition) is 0. The van der Waals surface area contributed by atoms with Crippen molar-refractivity contribution >= 4 is 7.85 Å². The van der Waals surface area contributed by atoms with Crippen LogP contribution in [0.15, 0.2) is 12.2 Å². The minimum atomic E-state index is 0.0139. The molecule has 30 valence electrons. The summed E-state index contributed by atoms with van der Waals surface area (Å²) in [7, 11) is 5.51. The fourth-order valence-corrected chi connectivity index (χ4v) is 0.399. The van der Waals surface area contributed by atoms with Gasteiger partial charge >= 0.3 is 0 Å². The number of allylic oxidation sites excluding steroid dienone is 1. The van der Waals surface area contributed by atoms with Crippen molar-refractivity contribution in [3.8, 4) is 0 Å². The molecule has 0 nitrogen and oxygen atoms in total. The average Bonchev–Trinajstić information content (AvgIpc) is 1.73. The predicted molar refractivity (Wildman–Crippen MR) is 27.9 cm³/mol. The molecule has 0 heterocycles. The minimum Gasteiger partial charge on any atom is -0.100 e. The molecule has 0 aromatic carbocycles. The number of hydrogen-bond donors (Lipinski definition) is 0. The van der Waals surface area contributed by atoms with Gasteiger partial charge in [0.05, 0.1) is 7.85 Å². The van der Waals surface area contributed by atoms with Crippen LogP contribution in [-0.4, -0.2) is 7.85 Å². The van der Waals surface area contributed by atoms with Gasteiger partial charge in [0.2, 0.25) is 0 Å². The minimum absolute atomic E-state index is 0.0139. The van der Waals surface area contributed by atoms with Crippen molar-refractivity contribution in [2.75, 3.05) is 0 Å². The summed E-state index contributed by atoms with van der Waals surface area (Å²) in [6.45, 7) is 5.69. The summed E-state index contributed by atoms with van der Waals surface area (Å²) in [5.74, 6) is 0. The zero-order valence-electron chi connectivity index (χ0n) is 3.99. The Bertz CT molecular complexity index is 92.1. The van der Waals surface area contributed by atoms with Crippen LogP contribution >= 0.6 is 0 Å². The Hall–Kier alpha value is -0.195. The molecule has 1 fully saturated rings. The highest BCUT2D eigenvalue weighted by Crippen LogP contribution is 2.54. The van der Waals surface area contributed by atoms with Gasteiger partial charge in [-0.2, -0.15) is 0 Å². The molecule has 0 aliphatic heterocycles. The molecule has 1 rings (SSSR count). The zero-order chi connectivity index (χ0) is 4.78. The lowest BCUT2D eigenvalue weighted by Gasteiger charge is -1.87. The molecule has 0 unspecified atom stereocenters. The summed E-state index contributed by atoms with van der Waals surface area (Å²) in [5.41, 5.74) is 1.18. The van der Waals surface area contributed by atoms with E-state index >= 15 is 0 Å². The first kappa shape index (κ1) is 3.98. The summed E-state index contributed by atoms with van der Waals surface area (Å²) in [6.07, 6.45) is 1.02. The molecule has 0 saturated heterocycles. The molecule has 0 spiro atoms. The summed E-state index contributed by atoms with van der Waals surface area (Å²) in [5, 5.41) is 0.0139. The highest BCUT2D eigenvalue weighted by molar-refractivity contribution is 6.20. The van der Waals surface area contributed by atoms with E-state index in [9.17, 15) is 0 Å². The molecule has 0 aromatic rings. The van der Waals surface area contributed by atoms with E-state index in [0.717, 1.165) is 6.42 Å². The van der Waals surface area contributed by atoms with Crippen LogP contribution in [0.2, 0.25) is 5.31 Å². The SMILES string of the molecule is [B][C@]1(C)CC1=C. The summed E-state index contributed by atoms with van der Waals surface area (Å²) >= 11 is 0. The molecule has 0 aromatic heterocycles. The van der Waals surface area contributed by atoms with E-state index in [1.54, 1.807) is 0 Å². The molecule has 2 radical (unpaired) electrons. The molecule has 1 saturated carbocycles. The lowest BCUT2D eigenvalue weighted by molar-refractivity contribution is 1.05. The van der Waals surface area contributed by atoms with Crippen molar-refractivity contribution < 1.29 is 0 Å². The maximum atomic E-state index is 5.51. The molecule has 1 aliphatic carbocycles. The maximum absolute atomic E-state index is 5.51. The van der Waals surface area contributed by atoms with Gasteiger partial charge in [0.15, 0.2) is 0 Å². The summed E-state index contributed by atoms with van der Waals surface area (Å²) in [4.78, 5) is 0. The van der Waals surface area contributed by atoms with E-state index in [4.69, 9.17) is 7.85 Å². The van der Waals surface area contributed by atoms with Crippen LogP contribution < -0.4 is 0 Å². The first-order chi connectivity index (χ1) is 2.63. The lowest BCUT2D eigenvalue weighted by Crippen LogP contribution is -1.76. The molecule has 0 N–H and O–H groups in total. The Morgan fingerprint density at radius 1 is 2.00 bits per heavy atom. The normalized spacial score (nSPS) is 43.2. The quantitative estimate of drug-likeness (QED) is 0.302. The Kier molecular flexibility index (Phi) is 0.480. The molecule has 0 bridgehead atoms. The van der Waals surface area contributed by atoms with E-state index in [1.165, 1.54) is 5.57 Å². The highest BCUT2D eigenvalue weighted by Gasteiger charge is 2.35. The Labute approximate surface area is 39.7 Å². The Morgan fingerprint density at radius 3 is 2.17 bits per heavy atom. The monoisotopic (exact) mass is 78.1 g/mol. The summed E-state index contributed by atoms with van der Waals surface area (Å²) in [6, 6.07) is 0. The second kappa shape index (κ2) is 0.724. The standard InChI is InChI=1S/C5H7B/c1-4-3-5(4,2)6/h1,3H2,2H3/t5-/m1/s1. The van der Waals surface area contributed by atoms with Gasteiger partial charge in [-0.05, 0) is 11.7 Å². The predicted octanol–water partition coefficient (Wildman–Crippen LogP) is 1.29.